The summed E-state index contributed by atoms with van der Waals surface area (Å²) in [7, 11) is 2.15. The normalized spacial score (nSPS) is 21.2. The standard InChI is InChI=1S/C20H25N5O/c1-3-25-19(26)18-17(9-10-21-18)23-20(25)22-16-11-15(12-24(2)13-16)14-7-5-4-6-8-14/h4-10,15-16,21H,3,11-13H2,1-2H3,(H,22,23)/t15-,16+/m0/s1. The molecular weight excluding hydrogens is 326 g/mol. The summed E-state index contributed by atoms with van der Waals surface area (Å²) in [5.74, 6) is 1.14. The molecule has 26 heavy (non-hydrogen) atoms. The molecule has 4 rings (SSSR count). The summed E-state index contributed by atoms with van der Waals surface area (Å²) >= 11 is 0. The van der Waals surface area contributed by atoms with E-state index >= 15 is 0 Å². The summed E-state index contributed by atoms with van der Waals surface area (Å²) in [6, 6.07) is 12.8. The van der Waals surface area contributed by atoms with Gasteiger partial charge in [-0.25, -0.2) is 4.98 Å². The van der Waals surface area contributed by atoms with Gasteiger partial charge in [0.25, 0.3) is 5.56 Å². The molecule has 0 saturated carbocycles. The zero-order valence-corrected chi connectivity index (χ0v) is 15.3. The van der Waals surface area contributed by atoms with Crippen LogP contribution >= 0.6 is 0 Å². The van der Waals surface area contributed by atoms with Crippen LogP contribution in [0.1, 0.15) is 24.8 Å². The van der Waals surface area contributed by atoms with E-state index in [0.29, 0.717) is 29.4 Å². The number of aromatic amines is 1. The number of nitrogens with one attached hydrogen (secondary N) is 2. The highest BCUT2D eigenvalue weighted by atomic mass is 16.1. The fraction of sp³-hybridized carbons (Fsp3) is 0.400. The van der Waals surface area contributed by atoms with Gasteiger partial charge in [0.05, 0.1) is 5.52 Å². The minimum absolute atomic E-state index is 0.0197. The Morgan fingerprint density at radius 2 is 2.04 bits per heavy atom. The molecule has 136 valence electrons. The molecular formula is C20H25N5O. The van der Waals surface area contributed by atoms with Crippen LogP contribution in [0.25, 0.3) is 11.0 Å². The third kappa shape index (κ3) is 3.12. The molecule has 6 nitrogen and oxygen atoms in total. The Labute approximate surface area is 152 Å². The van der Waals surface area contributed by atoms with Crippen molar-refractivity contribution in [1.82, 2.24) is 19.4 Å². The van der Waals surface area contributed by atoms with Crippen molar-refractivity contribution in [3.05, 3.63) is 58.5 Å². The van der Waals surface area contributed by atoms with Crippen LogP contribution < -0.4 is 10.9 Å². The predicted molar refractivity (Wildman–Crippen MR) is 105 cm³/mol. The molecule has 0 spiro atoms. The summed E-state index contributed by atoms with van der Waals surface area (Å²) in [5, 5.41) is 3.55. The second kappa shape index (κ2) is 6.96. The number of rotatable bonds is 4. The number of anilines is 1. The zero-order valence-electron chi connectivity index (χ0n) is 15.3. The van der Waals surface area contributed by atoms with Gasteiger partial charge < -0.3 is 15.2 Å². The number of nitrogens with zero attached hydrogens (tertiary/aromatic N) is 3. The first-order chi connectivity index (χ1) is 12.7. The van der Waals surface area contributed by atoms with Crippen molar-refractivity contribution in [2.45, 2.75) is 31.8 Å². The second-order valence-corrected chi connectivity index (χ2v) is 7.13. The lowest BCUT2D eigenvalue weighted by Gasteiger charge is -2.36. The molecule has 1 aliphatic rings. The number of fused-ring (bicyclic) bond motifs is 1. The molecule has 1 fully saturated rings. The highest BCUT2D eigenvalue weighted by Gasteiger charge is 2.27. The molecule has 2 N–H and O–H groups in total. The quantitative estimate of drug-likeness (QED) is 0.758. The van der Waals surface area contributed by atoms with E-state index in [4.69, 9.17) is 0 Å². The average Bonchev–Trinajstić information content (AvgIpc) is 3.11. The van der Waals surface area contributed by atoms with Gasteiger partial charge in [0, 0.05) is 31.9 Å². The van der Waals surface area contributed by atoms with Crippen LogP contribution in [0.15, 0.2) is 47.4 Å². The van der Waals surface area contributed by atoms with E-state index in [9.17, 15) is 4.79 Å². The van der Waals surface area contributed by atoms with Gasteiger partial charge in [-0.15, -0.1) is 0 Å². The number of likely N-dealkylation sites (N-methyl/N-ethyl adjacent to an activating group) is 1. The minimum Gasteiger partial charge on any atom is -0.355 e. The Balaban J connectivity index is 1.62. The van der Waals surface area contributed by atoms with Crippen LogP contribution in [0.3, 0.4) is 0 Å². The van der Waals surface area contributed by atoms with E-state index in [1.165, 1.54) is 5.56 Å². The van der Waals surface area contributed by atoms with E-state index in [1.807, 2.05) is 13.0 Å². The van der Waals surface area contributed by atoms with Crippen LogP contribution in [0.5, 0.6) is 0 Å². The SMILES string of the molecule is CCn1c(N[C@@H]2C[C@H](c3ccccc3)CN(C)C2)nc2cc[nH]c2c1=O. The molecule has 0 unspecified atom stereocenters. The predicted octanol–water partition coefficient (Wildman–Crippen LogP) is 2.64. The van der Waals surface area contributed by atoms with Crippen molar-refractivity contribution in [2.75, 3.05) is 25.5 Å². The van der Waals surface area contributed by atoms with Crippen molar-refractivity contribution in [3.63, 3.8) is 0 Å². The summed E-state index contributed by atoms with van der Waals surface area (Å²) in [5.41, 5.74) is 2.63. The van der Waals surface area contributed by atoms with Crippen molar-refractivity contribution >= 4 is 17.0 Å². The first-order valence-electron chi connectivity index (χ1n) is 9.23. The smallest absolute Gasteiger partial charge is 0.279 e. The van der Waals surface area contributed by atoms with E-state index in [1.54, 1.807) is 10.8 Å². The fourth-order valence-electron chi connectivity index (χ4n) is 4.01. The highest BCUT2D eigenvalue weighted by Crippen LogP contribution is 2.27. The van der Waals surface area contributed by atoms with Gasteiger partial charge in [-0.3, -0.25) is 9.36 Å². The van der Waals surface area contributed by atoms with Gasteiger partial charge in [0.15, 0.2) is 0 Å². The number of hydrogen-bond acceptors (Lipinski definition) is 4. The van der Waals surface area contributed by atoms with E-state index in [2.05, 4.69) is 57.6 Å². The van der Waals surface area contributed by atoms with Crippen LogP contribution in [0.2, 0.25) is 0 Å². The van der Waals surface area contributed by atoms with E-state index in [-0.39, 0.29) is 11.6 Å². The van der Waals surface area contributed by atoms with Gasteiger partial charge in [-0.2, -0.15) is 0 Å². The molecule has 2 atom stereocenters. The van der Waals surface area contributed by atoms with Gasteiger partial charge in [-0.05, 0) is 37.9 Å². The molecule has 2 aromatic heterocycles. The number of piperidine rings is 1. The molecule has 1 aromatic carbocycles. The molecule has 1 aliphatic heterocycles. The van der Waals surface area contributed by atoms with Crippen molar-refractivity contribution < 1.29 is 0 Å². The average molecular weight is 351 g/mol. The third-order valence-corrected chi connectivity index (χ3v) is 5.22. The van der Waals surface area contributed by atoms with Crippen molar-refractivity contribution in [2.24, 2.45) is 0 Å². The number of hydrogen-bond donors (Lipinski definition) is 2. The Hall–Kier alpha value is -2.60. The van der Waals surface area contributed by atoms with Gasteiger partial charge in [0.2, 0.25) is 5.95 Å². The molecule has 0 aliphatic carbocycles. The number of H-pyrrole nitrogens is 1. The van der Waals surface area contributed by atoms with Crippen molar-refractivity contribution in [1.29, 1.82) is 0 Å². The molecule has 0 radical (unpaired) electrons. The number of likely N-dealkylation sites (tertiary alicyclic amines) is 1. The van der Waals surface area contributed by atoms with Gasteiger partial charge in [-0.1, -0.05) is 30.3 Å². The summed E-state index contributed by atoms with van der Waals surface area (Å²) in [4.78, 5) is 22.7. The summed E-state index contributed by atoms with van der Waals surface area (Å²) in [6.45, 7) is 4.55. The molecule has 0 bridgehead atoms. The summed E-state index contributed by atoms with van der Waals surface area (Å²) in [6.07, 6.45) is 2.79. The van der Waals surface area contributed by atoms with Crippen molar-refractivity contribution in [3.8, 4) is 0 Å². The monoisotopic (exact) mass is 351 g/mol. The maximum atomic E-state index is 12.7. The molecule has 3 heterocycles. The number of benzene rings is 1. The number of aromatic nitrogens is 3. The Morgan fingerprint density at radius 3 is 2.81 bits per heavy atom. The third-order valence-electron chi connectivity index (χ3n) is 5.22. The first kappa shape index (κ1) is 16.8. The lowest BCUT2D eigenvalue weighted by Crippen LogP contribution is -2.44. The lowest BCUT2D eigenvalue weighted by atomic mass is 9.88. The zero-order chi connectivity index (χ0) is 18.1. The highest BCUT2D eigenvalue weighted by molar-refractivity contribution is 5.75. The largest absolute Gasteiger partial charge is 0.355 e. The fourth-order valence-corrected chi connectivity index (χ4v) is 4.01. The summed E-state index contributed by atoms with van der Waals surface area (Å²) < 4.78 is 1.71. The molecule has 0 amide bonds. The van der Waals surface area contributed by atoms with E-state index in [0.717, 1.165) is 19.5 Å². The Bertz CT molecular complexity index is 946. The van der Waals surface area contributed by atoms with Crippen LogP contribution in [0.4, 0.5) is 5.95 Å². The van der Waals surface area contributed by atoms with Crippen LogP contribution in [0, 0.1) is 0 Å². The first-order valence-corrected chi connectivity index (χ1v) is 9.23. The topological polar surface area (TPSA) is 66.0 Å². The molecule has 1 saturated heterocycles. The maximum Gasteiger partial charge on any atom is 0.279 e. The van der Waals surface area contributed by atoms with E-state index < -0.39 is 0 Å². The van der Waals surface area contributed by atoms with Crippen LogP contribution in [-0.2, 0) is 6.54 Å². The maximum absolute atomic E-state index is 12.7. The van der Waals surface area contributed by atoms with Gasteiger partial charge >= 0.3 is 0 Å². The molecule has 6 heteroatoms. The minimum atomic E-state index is -0.0197. The lowest BCUT2D eigenvalue weighted by molar-refractivity contribution is 0.235. The van der Waals surface area contributed by atoms with Gasteiger partial charge in [0.1, 0.15) is 5.52 Å². The Morgan fingerprint density at radius 1 is 1.23 bits per heavy atom. The Kier molecular flexibility index (Phi) is 4.51. The molecule has 3 aromatic rings. The van der Waals surface area contributed by atoms with Crippen LogP contribution in [-0.4, -0.2) is 45.6 Å². The second-order valence-electron chi connectivity index (χ2n) is 7.13.